The highest BCUT2D eigenvalue weighted by atomic mass is 16.5. The molecule has 522 valence electrons. The number of aryl methyl sites for hydroxylation is 23. The Bertz CT molecular complexity index is 3900. The van der Waals surface area contributed by atoms with Crippen LogP contribution < -0.4 is 4.73 Å². The van der Waals surface area contributed by atoms with Crippen LogP contribution in [0.5, 0.6) is 0 Å². The Labute approximate surface area is 599 Å². The van der Waals surface area contributed by atoms with Gasteiger partial charge >= 0.3 is 0 Å². The van der Waals surface area contributed by atoms with Crippen LogP contribution in [0.4, 0.5) is 0 Å². The molecule has 0 aliphatic heterocycles. The van der Waals surface area contributed by atoms with E-state index in [0.29, 0.717) is 0 Å². The molecule has 0 unspecified atom stereocenters. The summed E-state index contributed by atoms with van der Waals surface area (Å²) in [6.07, 6.45) is 21.7. The topological polar surface area (TPSA) is 169 Å². The average molecular weight is 1340 g/mol. The summed E-state index contributed by atoms with van der Waals surface area (Å²) < 4.78 is 0.833. The maximum absolute atomic E-state index is 10.5. The summed E-state index contributed by atoms with van der Waals surface area (Å²) in [7, 11) is 0. The molecule has 0 radical (unpaired) electrons. The number of hydrogen-bond acceptors (Lipinski definition) is 12. The molecule has 0 aliphatic rings. The Kier molecular flexibility index (Phi) is 41.5. The van der Waals surface area contributed by atoms with Crippen molar-refractivity contribution in [1.29, 1.82) is 0 Å². The van der Waals surface area contributed by atoms with Crippen molar-refractivity contribution in [1.82, 2.24) is 54.8 Å². The third-order valence-corrected chi connectivity index (χ3v) is 14.5. The van der Waals surface area contributed by atoms with E-state index in [2.05, 4.69) is 165 Å². The van der Waals surface area contributed by atoms with Gasteiger partial charge in [0.25, 0.3) is 0 Å². The van der Waals surface area contributed by atoms with Crippen LogP contribution in [-0.2, 0) is 0 Å². The molecule has 13 rings (SSSR count). The molecule has 13 heteroatoms. The van der Waals surface area contributed by atoms with Crippen LogP contribution in [0.3, 0.4) is 0 Å². The first-order valence-corrected chi connectivity index (χ1v) is 33.4. The van der Waals surface area contributed by atoms with Gasteiger partial charge in [0, 0.05) is 150 Å². The lowest BCUT2D eigenvalue weighted by Gasteiger charge is -1.97. The molecule has 0 atom stereocenters. The highest BCUT2D eigenvalue weighted by Gasteiger charge is 1.95. The van der Waals surface area contributed by atoms with Gasteiger partial charge in [-0.2, -0.15) is 4.73 Å². The summed E-state index contributed by atoms with van der Waals surface area (Å²) in [6.45, 7) is 46.5. The van der Waals surface area contributed by atoms with E-state index in [1.165, 1.54) is 78.3 Å². The minimum atomic E-state index is 0.729. The van der Waals surface area contributed by atoms with Crippen molar-refractivity contribution in [3.8, 4) is 0 Å². The second-order valence-corrected chi connectivity index (χ2v) is 24.3. The first-order valence-electron chi connectivity index (χ1n) is 33.4. The number of fused-ring (bicyclic) bond motifs is 1. The molecular weight excluding hydrogens is 1230 g/mol. The molecule has 13 nitrogen and oxygen atoms in total. The zero-order valence-electron chi connectivity index (χ0n) is 63.8. The zero-order valence-corrected chi connectivity index (χ0v) is 63.8. The van der Waals surface area contributed by atoms with Crippen LogP contribution in [-0.4, -0.2) is 54.8 Å². The molecule has 13 aromatic rings. The molecule has 12 aromatic heterocycles. The van der Waals surface area contributed by atoms with Gasteiger partial charge in [0.1, 0.15) is 0 Å². The second kappa shape index (κ2) is 48.7. The van der Waals surface area contributed by atoms with E-state index in [9.17, 15) is 5.21 Å². The minimum absolute atomic E-state index is 0.729. The SMILES string of the molecule is Cc1ccc(C)c(C)n1.Cc1ccc(C)nc1.Cc1ccc2ccccc2n1.Cc1cccc(C)n1.Cc1cccc[n+]1[O-].Cc1cccnc1.Cc1cccnc1C.Cc1cccnc1C.Cc1ccnc(C)c1.Cc1ccncc1C.Cc1cnc(C)c(C)c1.Cc1cncc(C)c1. The number of aromatic nitrogens is 12. The molecule has 100 heavy (non-hydrogen) atoms. The van der Waals surface area contributed by atoms with Crippen LogP contribution in [0.2, 0.25) is 0 Å². The zero-order chi connectivity index (χ0) is 74.4. The Balaban J connectivity index is 0.000000372. The summed E-state index contributed by atoms with van der Waals surface area (Å²) in [5.74, 6) is 0. The van der Waals surface area contributed by atoms with Crippen LogP contribution in [0.1, 0.15) is 129 Å². The number of nitrogens with zero attached hydrogens (tertiary/aromatic N) is 12. The van der Waals surface area contributed by atoms with Crippen molar-refractivity contribution in [2.75, 3.05) is 0 Å². The molecule has 0 amide bonds. The summed E-state index contributed by atoms with van der Waals surface area (Å²) >= 11 is 0. The Morgan fingerprint density at radius 3 is 1.16 bits per heavy atom. The largest absolute Gasteiger partial charge is 0.619 e. The molecule has 0 saturated carbocycles. The molecule has 0 aliphatic carbocycles. The normalized spacial score (nSPS) is 9.39. The van der Waals surface area contributed by atoms with Gasteiger partial charge < -0.3 is 5.21 Å². The Morgan fingerprint density at radius 1 is 0.250 bits per heavy atom. The predicted octanol–water partition coefficient (Wildman–Crippen LogP) is 20.5. The van der Waals surface area contributed by atoms with Gasteiger partial charge in [-0.25, -0.2) is 0 Å². The van der Waals surface area contributed by atoms with E-state index in [1.807, 2.05) is 256 Å². The van der Waals surface area contributed by atoms with Crippen LogP contribution >= 0.6 is 0 Å². The van der Waals surface area contributed by atoms with Crippen molar-refractivity contribution in [3.63, 3.8) is 0 Å². The van der Waals surface area contributed by atoms with Crippen LogP contribution in [0.15, 0.2) is 238 Å². The fraction of sp³-hybridized carbons (Fsp3) is 0.264. The summed E-state index contributed by atoms with van der Waals surface area (Å²) in [5.41, 5.74) is 27.8. The molecule has 0 saturated heterocycles. The number of pyridine rings is 12. The van der Waals surface area contributed by atoms with Crippen molar-refractivity contribution in [3.05, 3.63) is 373 Å². The monoisotopic (exact) mass is 1340 g/mol. The van der Waals surface area contributed by atoms with Gasteiger partial charge in [0.15, 0.2) is 11.9 Å². The molecular formula is C87H108N12O. The van der Waals surface area contributed by atoms with E-state index in [1.54, 1.807) is 25.3 Å². The maximum atomic E-state index is 10.5. The van der Waals surface area contributed by atoms with Crippen molar-refractivity contribution in [2.45, 2.75) is 159 Å². The van der Waals surface area contributed by atoms with E-state index in [0.717, 1.165) is 72.9 Å². The van der Waals surface area contributed by atoms with Crippen LogP contribution in [0, 0.1) is 164 Å². The van der Waals surface area contributed by atoms with Gasteiger partial charge in [0.2, 0.25) is 0 Å². The third kappa shape index (κ3) is 40.0. The smallest absolute Gasteiger partial charge is 0.189 e. The number of hydrogen-bond donors (Lipinski definition) is 0. The van der Waals surface area contributed by atoms with Crippen molar-refractivity contribution < 1.29 is 4.73 Å². The fourth-order valence-electron chi connectivity index (χ4n) is 7.96. The second-order valence-electron chi connectivity index (χ2n) is 24.3. The van der Waals surface area contributed by atoms with Gasteiger partial charge in [-0.1, -0.05) is 78.9 Å². The van der Waals surface area contributed by atoms with Gasteiger partial charge in [-0.15, -0.1) is 0 Å². The molecule has 0 spiro atoms. The fourth-order valence-corrected chi connectivity index (χ4v) is 7.96. The maximum Gasteiger partial charge on any atom is 0.189 e. The molecule has 1 aromatic carbocycles. The minimum Gasteiger partial charge on any atom is -0.619 e. The van der Waals surface area contributed by atoms with Crippen LogP contribution in [0.25, 0.3) is 10.9 Å². The molecule has 0 bridgehead atoms. The standard InChI is InChI=1S/C10H9N.2C8H11N.7C7H9N.C6H7NO.C6H7N/c1-8-6-7-9-4-2-3-5-10(9)11-8;1-6-4-7(2)8(3)9-5-6;1-6-4-5-7(2)9-8(6)3;1-6-3-7(2)5-8-4-6;1-6-3-4-8-5-7(6)2;1-6-3-4-8-7(2)5-6;1-6-3-4-7(2)8-5-6;2*1-6-4-3-5-8-7(6)2;1-6-4-3-5-7(2)8-6;1-6-4-2-3-5-7(6)8;1-6-3-2-4-7-5-6/h2-7H,1H3;2*4-5H,1-3H3;7*3-5H,1-2H3;2-5H,1H3;2-5H,1H3. The highest BCUT2D eigenvalue weighted by Crippen LogP contribution is 2.11. The van der Waals surface area contributed by atoms with Gasteiger partial charge in [0.05, 0.1) is 5.52 Å². The van der Waals surface area contributed by atoms with Crippen molar-refractivity contribution in [2.24, 2.45) is 0 Å². The summed E-state index contributed by atoms with van der Waals surface area (Å²) in [6, 6.07) is 54.0. The average Bonchev–Trinajstić information content (AvgIpc) is 0.863. The first-order chi connectivity index (χ1) is 47.5. The third-order valence-electron chi connectivity index (χ3n) is 14.5. The van der Waals surface area contributed by atoms with Crippen molar-refractivity contribution >= 4 is 10.9 Å². The summed E-state index contributed by atoms with van der Waals surface area (Å²) in [5, 5.41) is 11.7. The lowest BCUT2D eigenvalue weighted by Crippen LogP contribution is -2.28. The summed E-state index contributed by atoms with van der Waals surface area (Å²) in [4.78, 5) is 45.1. The van der Waals surface area contributed by atoms with Gasteiger partial charge in [-0.05, 0) is 292 Å². The molecule has 12 heterocycles. The Hall–Kier alpha value is -10.9. The van der Waals surface area contributed by atoms with Gasteiger partial charge in [-0.3, -0.25) is 54.8 Å². The first kappa shape index (κ1) is 85.2. The number of rotatable bonds is 0. The lowest BCUT2D eigenvalue weighted by atomic mass is 10.2. The number of para-hydroxylation sites is 1. The van der Waals surface area contributed by atoms with E-state index >= 15 is 0 Å². The van der Waals surface area contributed by atoms with E-state index in [-0.39, 0.29) is 0 Å². The Morgan fingerprint density at radius 2 is 0.770 bits per heavy atom. The highest BCUT2D eigenvalue weighted by molar-refractivity contribution is 5.78. The van der Waals surface area contributed by atoms with E-state index in [4.69, 9.17) is 0 Å². The number of benzene rings is 1. The predicted molar refractivity (Wildman–Crippen MR) is 418 cm³/mol. The van der Waals surface area contributed by atoms with E-state index < -0.39 is 0 Å². The quantitative estimate of drug-likeness (QED) is 0.104. The molecule has 0 N–H and O–H groups in total. The lowest BCUT2D eigenvalue weighted by molar-refractivity contribution is -0.612. The molecule has 0 fully saturated rings.